The summed E-state index contributed by atoms with van der Waals surface area (Å²) in [5.41, 5.74) is 0. The third-order valence-electron chi connectivity index (χ3n) is 7.55. The standard InChI is InChI=1S/C32H67NO/c1-4-5-6-7-8-9-10-11-12-13-14-15-16-17-18-19-20-21-22-23-24-25-26-27-28-29-30-31-32-33(2,3)34/h4-32H2,1-3H3. The molecule has 34 heavy (non-hydrogen) atoms. The van der Waals surface area contributed by atoms with Gasteiger partial charge in [0.1, 0.15) is 0 Å². The fraction of sp³-hybridized carbons (Fsp3) is 1.00. The quantitative estimate of drug-likeness (QED) is 0.0591. The predicted molar refractivity (Wildman–Crippen MR) is 155 cm³/mol. The molecule has 0 fully saturated rings. The van der Waals surface area contributed by atoms with Crippen molar-refractivity contribution >= 4 is 0 Å². The molecule has 0 aromatic heterocycles. The number of quaternary nitrogens is 1. The van der Waals surface area contributed by atoms with E-state index in [4.69, 9.17) is 0 Å². The third-order valence-corrected chi connectivity index (χ3v) is 7.55. The molecule has 2 nitrogen and oxygen atoms in total. The van der Waals surface area contributed by atoms with Crippen molar-refractivity contribution in [3.8, 4) is 0 Å². The number of hydroxylamine groups is 3. The van der Waals surface area contributed by atoms with Crippen LogP contribution >= 0.6 is 0 Å². The van der Waals surface area contributed by atoms with Crippen molar-refractivity contribution in [2.24, 2.45) is 0 Å². The van der Waals surface area contributed by atoms with Crippen LogP contribution in [0.2, 0.25) is 0 Å². The molecular weight excluding hydrogens is 414 g/mol. The first-order valence-electron chi connectivity index (χ1n) is 16.1. The normalized spacial score (nSPS) is 12.0. The van der Waals surface area contributed by atoms with E-state index in [1.165, 1.54) is 173 Å². The second-order valence-electron chi connectivity index (χ2n) is 11.8. The Balaban J connectivity index is 3.03. The molecule has 206 valence electrons. The van der Waals surface area contributed by atoms with Crippen LogP contribution in [0.1, 0.15) is 187 Å². The molecule has 0 spiro atoms. The number of nitrogens with zero attached hydrogens (tertiary/aromatic N) is 1. The molecule has 0 radical (unpaired) electrons. The fourth-order valence-corrected chi connectivity index (χ4v) is 5.16. The summed E-state index contributed by atoms with van der Waals surface area (Å²) in [7, 11) is 3.50. The van der Waals surface area contributed by atoms with Gasteiger partial charge in [0, 0.05) is 0 Å². The molecule has 0 rings (SSSR count). The summed E-state index contributed by atoms with van der Waals surface area (Å²) in [6.45, 7) is 3.08. The van der Waals surface area contributed by atoms with E-state index >= 15 is 0 Å². The maximum Gasteiger partial charge on any atom is 0.0779 e. The Hall–Kier alpha value is -0.0800. The Labute approximate surface area is 217 Å². The van der Waals surface area contributed by atoms with E-state index in [0.29, 0.717) is 0 Å². The highest BCUT2D eigenvalue weighted by Crippen LogP contribution is 2.16. The molecule has 0 aliphatic heterocycles. The van der Waals surface area contributed by atoms with Gasteiger partial charge in [-0.15, -0.1) is 0 Å². The van der Waals surface area contributed by atoms with Crippen LogP contribution < -0.4 is 0 Å². The minimum Gasteiger partial charge on any atom is -0.633 e. The molecule has 0 saturated carbocycles. The molecule has 2 heteroatoms. The van der Waals surface area contributed by atoms with Crippen LogP contribution in [0.3, 0.4) is 0 Å². The Bertz CT molecular complexity index is 363. The summed E-state index contributed by atoms with van der Waals surface area (Å²) in [5, 5.41) is 11.5. The van der Waals surface area contributed by atoms with Gasteiger partial charge in [-0.25, -0.2) is 0 Å². The molecule has 0 bridgehead atoms. The van der Waals surface area contributed by atoms with Gasteiger partial charge in [-0.3, -0.25) is 0 Å². The molecule has 0 saturated heterocycles. The van der Waals surface area contributed by atoms with Crippen molar-refractivity contribution in [3.63, 3.8) is 0 Å². The highest BCUT2D eigenvalue weighted by Gasteiger charge is 2.01. The van der Waals surface area contributed by atoms with Crippen molar-refractivity contribution in [2.75, 3.05) is 20.6 Å². The van der Waals surface area contributed by atoms with Gasteiger partial charge in [-0.2, -0.15) is 0 Å². The fourth-order valence-electron chi connectivity index (χ4n) is 5.16. The van der Waals surface area contributed by atoms with Crippen LogP contribution in [0.15, 0.2) is 0 Å². The van der Waals surface area contributed by atoms with E-state index in [-0.39, 0.29) is 4.65 Å². The number of hydrogen-bond acceptors (Lipinski definition) is 1. The summed E-state index contributed by atoms with van der Waals surface area (Å²) >= 11 is 0. The van der Waals surface area contributed by atoms with Crippen LogP contribution in [0.4, 0.5) is 0 Å². The van der Waals surface area contributed by atoms with Crippen LogP contribution in [0.5, 0.6) is 0 Å². The minimum atomic E-state index is -0.126. The van der Waals surface area contributed by atoms with Crippen LogP contribution in [0.25, 0.3) is 0 Å². The minimum absolute atomic E-state index is 0.126. The second-order valence-corrected chi connectivity index (χ2v) is 11.8. The molecule has 0 amide bonds. The lowest BCUT2D eigenvalue weighted by atomic mass is 10.0. The van der Waals surface area contributed by atoms with Crippen molar-refractivity contribution in [2.45, 2.75) is 187 Å². The zero-order chi connectivity index (χ0) is 25.0. The van der Waals surface area contributed by atoms with Crippen LogP contribution in [-0.2, 0) is 0 Å². The lowest BCUT2D eigenvalue weighted by Gasteiger charge is -2.33. The monoisotopic (exact) mass is 482 g/mol. The van der Waals surface area contributed by atoms with E-state index in [1.807, 2.05) is 0 Å². The molecule has 0 aromatic rings. The Morgan fingerprint density at radius 2 is 0.500 bits per heavy atom. The third kappa shape index (κ3) is 31.9. The summed E-state index contributed by atoms with van der Waals surface area (Å²) < 4.78 is -0.126. The molecule has 0 atom stereocenters. The van der Waals surface area contributed by atoms with Gasteiger partial charge >= 0.3 is 0 Å². The maximum absolute atomic E-state index is 11.5. The van der Waals surface area contributed by atoms with Gasteiger partial charge in [0.15, 0.2) is 0 Å². The van der Waals surface area contributed by atoms with Gasteiger partial charge < -0.3 is 9.85 Å². The second kappa shape index (κ2) is 27.5. The zero-order valence-corrected chi connectivity index (χ0v) is 24.4. The lowest BCUT2D eigenvalue weighted by Crippen LogP contribution is -2.32. The molecule has 0 heterocycles. The number of rotatable bonds is 29. The highest BCUT2D eigenvalue weighted by molar-refractivity contribution is 4.52. The Morgan fingerprint density at radius 3 is 0.676 bits per heavy atom. The summed E-state index contributed by atoms with van der Waals surface area (Å²) in [5.74, 6) is 0. The van der Waals surface area contributed by atoms with E-state index in [2.05, 4.69) is 6.92 Å². The van der Waals surface area contributed by atoms with Gasteiger partial charge in [-0.1, -0.05) is 174 Å². The first-order chi connectivity index (χ1) is 16.6. The predicted octanol–water partition coefficient (Wildman–Crippen LogP) is 11.5. The van der Waals surface area contributed by atoms with E-state index < -0.39 is 0 Å². The topological polar surface area (TPSA) is 23.1 Å². The highest BCUT2D eigenvalue weighted by atomic mass is 16.5. The van der Waals surface area contributed by atoms with Crippen molar-refractivity contribution < 1.29 is 4.65 Å². The van der Waals surface area contributed by atoms with Gasteiger partial charge in [0.2, 0.25) is 0 Å². The summed E-state index contributed by atoms with van der Waals surface area (Å²) in [6.07, 6.45) is 40.1. The Kier molecular flexibility index (Phi) is 27.4. The molecule has 0 aliphatic rings. The molecule has 0 aliphatic carbocycles. The van der Waals surface area contributed by atoms with E-state index in [9.17, 15) is 5.21 Å². The van der Waals surface area contributed by atoms with Crippen molar-refractivity contribution in [3.05, 3.63) is 5.21 Å². The zero-order valence-electron chi connectivity index (χ0n) is 24.4. The largest absolute Gasteiger partial charge is 0.633 e. The molecular formula is C32H67NO. The average molecular weight is 482 g/mol. The molecule has 0 aromatic carbocycles. The van der Waals surface area contributed by atoms with Gasteiger partial charge in [0.25, 0.3) is 0 Å². The average Bonchev–Trinajstić information content (AvgIpc) is 2.80. The molecule has 0 unspecified atom stereocenters. The SMILES string of the molecule is CCCCCCCCCCCCCCCCCCCCCCCCCCCCCC[N+](C)(C)[O-]. The summed E-state index contributed by atoms with van der Waals surface area (Å²) in [6, 6.07) is 0. The number of hydrogen-bond donors (Lipinski definition) is 0. The maximum atomic E-state index is 11.5. The Morgan fingerprint density at radius 1 is 0.324 bits per heavy atom. The first-order valence-corrected chi connectivity index (χ1v) is 16.1. The van der Waals surface area contributed by atoms with E-state index in [0.717, 1.165) is 13.0 Å². The van der Waals surface area contributed by atoms with Crippen LogP contribution in [0, 0.1) is 5.21 Å². The lowest BCUT2D eigenvalue weighted by molar-refractivity contribution is -0.840. The van der Waals surface area contributed by atoms with Gasteiger partial charge in [-0.05, 0) is 12.8 Å². The van der Waals surface area contributed by atoms with E-state index in [1.54, 1.807) is 14.1 Å². The van der Waals surface area contributed by atoms with Gasteiger partial charge in [0.05, 0.1) is 20.6 Å². The first kappa shape index (κ1) is 33.9. The smallest absolute Gasteiger partial charge is 0.0779 e. The van der Waals surface area contributed by atoms with Crippen molar-refractivity contribution in [1.29, 1.82) is 0 Å². The number of unbranched alkanes of at least 4 members (excludes halogenated alkanes) is 27. The molecule has 0 N–H and O–H groups in total. The van der Waals surface area contributed by atoms with Crippen molar-refractivity contribution in [1.82, 2.24) is 0 Å². The van der Waals surface area contributed by atoms with Crippen LogP contribution in [-0.4, -0.2) is 25.3 Å². The summed E-state index contributed by atoms with van der Waals surface area (Å²) in [4.78, 5) is 0.